The summed E-state index contributed by atoms with van der Waals surface area (Å²) >= 11 is 5.90. The zero-order valence-electron chi connectivity index (χ0n) is 7.11. The molecule has 3 nitrogen and oxygen atoms in total. The lowest BCUT2D eigenvalue weighted by molar-refractivity contribution is 0.751. The second kappa shape index (κ2) is 3.18. The van der Waals surface area contributed by atoms with Crippen LogP contribution < -0.4 is 0 Å². The Morgan fingerprint density at radius 1 is 1.15 bits per heavy atom. The molecule has 66 valence electrons. The molecule has 1 heterocycles. The van der Waals surface area contributed by atoms with Gasteiger partial charge in [0.15, 0.2) is 0 Å². The highest BCUT2D eigenvalue weighted by Gasteiger charge is 1.99. The minimum absolute atomic E-state index is 0.701. The molecule has 0 saturated heterocycles. The molecule has 0 spiro atoms. The largest absolute Gasteiger partial charge is 0.157 e. The maximum Gasteiger partial charge on any atom is 0.0874 e. The Morgan fingerprint density at radius 2 is 1.85 bits per heavy atom. The Kier molecular flexibility index (Phi) is 2.02. The first-order chi connectivity index (χ1) is 6.25. The second-order valence-electron chi connectivity index (χ2n) is 2.81. The van der Waals surface area contributed by atoms with Crippen LogP contribution >= 0.6 is 11.6 Å². The van der Waals surface area contributed by atoms with Crippen LogP contribution in [0.5, 0.6) is 0 Å². The normalized spacial score (nSPS) is 10.3. The molecule has 2 rings (SSSR count). The molecule has 0 saturated carbocycles. The van der Waals surface area contributed by atoms with Crippen molar-refractivity contribution in [3.63, 3.8) is 0 Å². The summed E-state index contributed by atoms with van der Waals surface area (Å²) in [6, 6.07) is 5.70. The molecule has 0 aliphatic carbocycles. The zero-order valence-corrected chi connectivity index (χ0v) is 7.86. The number of hydrogen-bond donors (Lipinski definition) is 0. The highest BCUT2D eigenvalue weighted by Crippen LogP contribution is 2.16. The molecular formula is C9H8ClN3. The van der Waals surface area contributed by atoms with Crippen molar-refractivity contribution in [3.8, 4) is 5.69 Å². The van der Waals surface area contributed by atoms with Crippen LogP contribution in [0, 0.1) is 6.92 Å². The van der Waals surface area contributed by atoms with E-state index in [1.165, 1.54) is 0 Å². The van der Waals surface area contributed by atoms with E-state index < -0.39 is 0 Å². The average Bonchev–Trinajstić information content (AvgIpc) is 2.53. The van der Waals surface area contributed by atoms with Gasteiger partial charge >= 0.3 is 0 Å². The lowest BCUT2D eigenvalue weighted by Gasteiger charge is -2.01. The van der Waals surface area contributed by atoms with Crippen molar-refractivity contribution in [2.24, 2.45) is 0 Å². The van der Waals surface area contributed by atoms with Gasteiger partial charge in [0.1, 0.15) is 0 Å². The van der Waals surface area contributed by atoms with E-state index in [1.54, 1.807) is 17.2 Å². The van der Waals surface area contributed by atoms with Crippen LogP contribution in [0.3, 0.4) is 0 Å². The van der Waals surface area contributed by atoms with E-state index in [0.29, 0.717) is 5.02 Å². The zero-order chi connectivity index (χ0) is 9.26. The fourth-order valence-corrected chi connectivity index (χ4v) is 1.47. The quantitative estimate of drug-likeness (QED) is 0.696. The Balaban J connectivity index is 2.53. The van der Waals surface area contributed by atoms with Gasteiger partial charge in [-0.05, 0) is 30.7 Å². The lowest BCUT2D eigenvalue weighted by atomic mass is 10.2. The van der Waals surface area contributed by atoms with Crippen LogP contribution in [-0.2, 0) is 0 Å². The number of aryl methyl sites for hydroxylation is 1. The molecule has 0 atom stereocenters. The summed E-state index contributed by atoms with van der Waals surface area (Å²) in [5, 5.41) is 8.73. The third kappa shape index (κ3) is 1.70. The van der Waals surface area contributed by atoms with Crippen LogP contribution in [0.2, 0.25) is 5.02 Å². The van der Waals surface area contributed by atoms with E-state index in [9.17, 15) is 0 Å². The Labute approximate surface area is 81.0 Å². The van der Waals surface area contributed by atoms with Crippen LogP contribution in [0.15, 0.2) is 30.6 Å². The number of hydrogen-bond acceptors (Lipinski definition) is 2. The van der Waals surface area contributed by atoms with E-state index in [-0.39, 0.29) is 0 Å². The van der Waals surface area contributed by atoms with Crippen molar-refractivity contribution in [3.05, 3.63) is 41.2 Å². The van der Waals surface area contributed by atoms with Gasteiger partial charge in [0, 0.05) is 5.02 Å². The minimum atomic E-state index is 0.701. The van der Waals surface area contributed by atoms with E-state index in [1.807, 2.05) is 25.1 Å². The first-order valence-electron chi connectivity index (χ1n) is 3.89. The summed E-state index contributed by atoms with van der Waals surface area (Å²) in [7, 11) is 0. The van der Waals surface area contributed by atoms with E-state index in [0.717, 1.165) is 11.3 Å². The summed E-state index contributed by atoms with van der Waals surface area (Å²) < 4.78 is 0. The Hall–Kier alpha value is -1.35. The summed E-state index contributed by atoms with van der Waals surface area (Å²) in [6.45, 7) is 1.98. The number of aromatic nitrogens is 3. The molecular weight excluding hydrogens is 186 g/mol. The number of benzene rings is 1. The summed E-state index contributed by atoms with van der Waals surface area (Å²) in [5.41, 5.74) is 1.98. The molecule has 0 aliphatic heterocycles. The lowest BCUT2D eigenvalue weighted by Crippen LogP contribution is -1.98. The minimum Gasteiger partial charge on any atom is -0.157 e. The first kappa shape index (κ1) is 8.26. The Morgan fingerprint density at radius 3 is 2.46 bits per heavy atom. The van der Waals surface area contributed by atoms with Gasteiger partial charge in [-0.2, -0.15) is 15.0 Å². The van der Waals surface area contributed by atoms with Gasteiger partial charge in [-0.15, -0.1) is 0 Å². The maximum absolute atomic E-state index is 5.90. The predicted octanol–water partition coefficient (Wildman–Crippen LogP) is 2.23. The molecule has 2 aromatic rings. The fraction of sp³-hybridized carbons (Fsp3) is 0.111. The molecule has 0 amide bonds. The van der Waals surface area contributed by atoms with Gasteiger partial charge in [-0.1, -0.05) is 11.6 Å². The highest BCUT2D eigenvalue weighted by atomic mass is 35.5. The van der Waals surface area contributed by atoms with E-state index >= 15 is 0 Å². The SMILES string of the molecule is Cc1cc(Cl)cc(-n2nccn2)c1. The fourth-order valence-electron chi connectivity index (χ4n) is 1.18. The number of rotatable bonds is 1. The molecule has 1 aromatic heterocycles. The second-order valence-corrected chi connectivity index (χ2v) is 3.24. The van der Waals surface area contributed by atoms with Gasteiger partial charge in [-0.3, -0.25) is 0 Å². The third-order valence-electron chi connectivity index (χ3n) is 1.68. The molecule has 0 aliphatic rings. The topological polar surface area (TPSA) is 30.7 Å². The van der Waals surface area contributed by atoms with Gasteiger partial charge in [0.05, 0.1) is 18.1 Å². The summed E-state index contributed by atoms with van der Waals surface area (Å²) in [6.07, 6.45) is 3.27. The molecule has 0 unspecified atom stereocenters. The van der Waals surface area contributed by atoms with E-state index in [2.05, 4.69) is 10.2 Å². The standard InChI is InChI=1S/C9H8ClN3/c1-7-4-8(10)6-9(5-7)13-11-2-3-12-13/h2-6H,1H3. The highest BCUT2D eigenvalue weighted by molar-refractivity contribution is 6.30. The van der Waals surface area contributed by atoms with Crippen molar-refractivity contribution >= 4 is 11.6 Å². The van der Waals surface area contributed by atoms with Crippen molar-refractivity contribution in [2.75, 3.05) is 0 Å². The van der Waals surface area contributed by atoms with E-state index in [4.69, 9.17) is 11.6 Å². The van der Waals surface area contributed by atoms with Crippen molar-refractivity contribution in [1.82, 2.24) is 15.0 Å². The van der Waals surface area contributed by atoms with Gasteiger partial charge in [0.25, 0.3) is 0 Å². The average molecular weight is 194 g/mol. The van der Waals surface area contributed by atoms with Crippen LogP contribution in [0.4, 0.5) is 0 Å². The monoisotopic (exact) mass is 193 g/mol. The molecule has 4 heteroatoms. The number of nitrogens with zero attached hydrogens (tertiary/aromatic N) is 3. The smallest absolute Gasteiger partial charge is 0.0874 e. The molecule has 13 heavy (non-hydrogen) atoms. The van der Waals surface area contributed by atoms with Gasteiger partial charge in [0.2, 0.25) is 0 Å². The summed E-state index contributed by atoms with van der Waals surface area (Å²) in [4.78, 5) is 1.54. The van der Waals surface area contributed by atoms with Crippen molar-refractivity contribution in [2.45, 2.75) is 6.92 Å². The van der Waals surface area contributed by atoms with Gasteiger partial charge in [-0.25, -0.2) is 0 Å². The number of halogens is 1. The first-order valence-corrected chi connectivity index (χ1v) is 4.27. The summed E-state index contributed by atoms with van der Waals surface area (Å²) in [5.74, 6) is 0. The van der Waals surface area contributed by atoms with Gasteiger partial charge < -0.3 is 0 Å². The van der Waals surface area contributed by atoms with Crippen LogP contribution in [0.25, 0.3) is 5.69 Å². The molecule has 0 bridgehead atoms. The predicted molar refractivity (Wildman–Crippen MR) is 51.1 cm³/mol. The molecule has 0 radical (unpaired) electrons. The third-order valence-corrected chi connectivity index (χ3v) is 1.89. The molecule has 0 fully saturated rings. The Bertz CT molecular complexity index is 389. The van der Waals surface area contributed by atoms with Crippen LogP contribution in [-0.4, -0.2) is 15.0 Å². The van der Waals surface area contributed by atoms with Crippen molar-refractivity contribution < 1.29 is 0 Å². The molecule has 1 aromatic carbocycles. The maximum atomic E-state index is 5.90. The van der Waals surface area contributed by atoms with Crippen molar-refractivity contribution in [1.29, 1.82) is 0 Å². The molecule has 0 N–H and O–H groups in total. The van der Waals surface area contributed by atoms with Crippen LogP contribution in [0.1, 0.15) is 5.56 Å².